The number of esters is 2. The topological polar surface area (TPSA) is 250 Å². The highest BCUT2D eigenvalue weighted by Gasteiger charge is 2.32. The summed E-state index contributed by atoms with van der Waals surface area (Å²) in [5, 5.41) is 76.4. The molecule has 2 fully saturated rings. The van der Waals surface area contributed by atoms with Crippen molar-refractivity contribution in [1.29, 1.82) is 0 Å². The molecule has 0 spiro atoms. The van der Waals surface area contributed by atoms with E-state index >= 15 is 0 Å². The summed E-state index contributed by atoms with van der Waals surface area (Å²) >= 11 is 0. The highest BCUT2D eigenvalue weighted by molar-refractivity contribution is 6.10. The third-order valence-corrected chi connectivity index (χ3v) is 10.1. The molecule has 6 aromatic rings. The van der Waals surface area contributed by atoms with Crippen molar-refractivity contribution in [3.8, 4) is 45.6 Å². The van der Waals surface area contributed by atoms with E-state index in [1.54, 1.807) is 0 Å². The number of nitrogens with zero attached hydrogens (tertiary/aromatic N) is 4. The predicted octanol–water partition coefficient (Wildman–Crippen LogP) is 4.35. The zero-order chi connectivity index (χ0) is 38.0. The second kappa shape index (κ2) is 13.3. The van der Waals surface area contributed by atoms with Gasteiger partial charge >= 0.3 is 11.9 Å². The van der Waals surface area contributed by atoms with Crippen LogP contribution in [0.2, 0.25) is 0 Å². The molecule has 0 saturated heterocycles. The molecule has 16 heteroatoms. The van der Waals surface area contributed by atoms with Crippen molar-refractivity contribution in [2.45, 2.75) is 38.8 Å². The third-order valence-electron chi connectivity index (χ3n) is 10.1. The fourth-order valence-electron chi connectivity index (χ4n) is 6.79. The van der Waals surface area contributed by atoms with E-state index in [1.807, 2.05) is 0 Å². The van der Waals surface area contributed by atoms with Gasteiger partial charge in [0.05, 0.1) is 36.5 Å². The second-order valence-electron chi connectivity index (χ2n) is 13.7. The molecule has 0 atom stereocenters. The minimum absolute atomic E-state index is 0.000863. The van der Waals surface area contributed by atoms with Crippen LogP contribution in [0.3, 0.4) is 0 Å². The SMILES string of the molecule is COC(=O)c1ccc(O)c2nc3c(CNCC4CC4)c(O)c(-c4c(O)c(CNCC5CC5)c5nc6c(O)ccc(C(=O)OC)c6nc5c4O)c(O)c3nc12. The number of ether oxygens (including phenoxy) is 2. The summed E-state index contributed by atoms with van der Waals surface area (Å²) in [4.78, 5) is 43.8. The Balaban J connectivity index is 1.45. The standard InChI is InChI=1S/C38H36N6O10/c1-53-37(51)17-7-9-21(45)29-25(17)43-31-27(41-29)19(13-39-11-15-3-4-15)33(47)23(35(31)49)24-34(48)20(14-40-12-16-5-6-16)28-32(36(24)50)44-26-18(38(52)54-2)8-10-22(46)30(26)42-28/h7-10,15-16,39-40,45-50H,3-6,11-14H2,1-2H3. The molecular formula is C38H36N6O10. The first-order valence-corrected chi connectivity index (χ1v) is 17.4. The van der Waals surface area contributed by atoms with E-state index in [-0.39, 0.29) is 91.0 Å². The number of hydrogen-bond donors (Lipinski definition) is 8. The molecule has 2 saturated carbocycles. The fourth-order valence-corrected chi connectivity index (χ4v) is 6.79. The van der Waals surface area contributed by atoms with E-state index in [4.69, 9.17) is 9.47 Å². The molecule has 278 valence electrons. The quantitative estimate of drug-likeness (QED) is 0.0680. The number of nitrogens with one attached hydrogen (secondary N) is 2. The van der Waals surface area contributed by atoms with Crippen molar-refractivity contribution in [3.05, 3.63) is 46.5 Å². The Bertz CT molecular complexity index is 2390. The largest absolute Gasteiger partial charge is 0.507 e. The lowest BCUT2D eigenvalue weighted by Gasteiger charge is -2.21. The number of hydrogen-bond acceptors (Lipinski definition) is 16. The van der Waals surface area contributed by atoms with Crippen LogP contribution in [0.4, 0.5) is 0 Å². The van der Waals surface area contributed by atoms with Gasteiger partial charge in [-0.25, -0.2) is 29.5 Å². The molecule has 0 unspecified atom stereocenters. The van der Waals surface area contributed by atoms with Gasteiger partial charge in [0.1, 0.15) is 67.1 Å². The normalized spacial score (nSPS) is 14.3. The first-order chi connectivity index (χ1) is 26.0. The first kappa shape index (κ1) is 34.8. The minimum Gasteiger partial charge on any atom is -0.507 e. The molecule has 4 aromatic carbocycles. The van der Waals surface area contributed by atoms with E-state index in [9.17, 15) is 40.2 Å². The molecule has 0 aliphatic heterocycles. The number of aromatic nitrogens is 4. The van der Waals surface area contributed by atoms with E-state index in [0.717, 1.165) is 25.7 Å². The Morgan fingerprint density at radius 1 is 0.556 bits per heavy atom. The van der Waals surface area contributed by atoms with Crippen LogP contribution in [0.1, 0.15) is 57.5 Å². The Morgan fingerprint density at radius 2 is 0.926 bits per heavy atom. The lowest BCUT2D eigenvalue weighted by atomic mass is 9.93. The minimum atomic E-state index is -0.783. The number of benzene rings is 4. The summed E-state index contributed by atoms with van der Waals surface area (Å²) in [6.45, 7) is 1.22. The molecule has 8 rings (SSSR count). The van der Waals surface area contributed by atoms with Crippen molar-refractivity contribution in [2.24, 2.45) is 11.8 Å². The highest BCUT2D eigenvalue weighted by Crippen LogP contribution is 2.54. The van der Waals surface area contributed by atoms with Crippen LogP contribution < -0.4 is 10.6 Å². The van der Waals surface area contributed by atoms with Crippen molar-refractivity contribution in [3.63, 3.8) is 0 Å². The van der Waals surface area contributed by atoms with Crippen LogP contribution in [0.5, 0.6) is 34.5 Å². The molecule has 2 aromatic heterocycles. The summed E-state index contributed by atoms with van der Waals surface area (Å²) in [6, 6.07) is 5.11. The summed E-state index contributed by atoms with van der Waals surface area (Å²) < 4.78 is 9.84. The molecule has 16 nitrogen and oxygen atoms in total. The molecule has 2 aliphatic rings. The third kappa shape index (κ3) is 5.79. The molecular weight excluding hydrogens is 700 g/mol. The monoisotopic (exact) mass is 736 g/mol. The van der Waals surface area contributed by atoms with Crippen LogP contribution in [0, 0.1) is 11.8 Å². The van der Waals surface area contributed by atoms with Crippen LogP contribution in [-0.4, -0.2) is 89.8 Å². The Kier molecular flexibility index (Phi) is 8.57. The lowest BCUT2D eigenvalue weighted by molar-refractivity contribution is 0.0593. The van der Waals surface area contributed by atoms with Gasteiger partial charge in [-0.3, -0.25) is 0 Å². The molecule has 0 radical (unpaired) electrons. The molecule has 0 bridgehead atoms. The number of rotatable bonds is 11. The maximum absolute atomic E-state index is 12.7. The molecule has 54 heavy (non-hydrogen) atoms. The average Bonchev–Trinajstić information content (AvgIpc) is 4.12. The number of carbonyl (C=O) groups is 2. The summed E-state index contributed by atoms with van der Waals surface area (Å²) in [7, 11) is 2.35. The predicted molar refractivity (Wildman–Crippen MR) is 195 cm³/mol. The van der Waals surface area contributed by atoms with Crippen molar-refractivity contribution < 1.29 is 49.7 Å². The maximum Gasteiger partial charge on any atom is 0.340 e. The highest BCUT2D eigenvalue weighted by atomic mass is 16.5. The Labute approximate surface area is 306 Å². The number of phenolic OH excluding ortho intramolecular Hbond substituents is 6. The number of methoxy groups -OCH3 is 2. The zero-order valence-electron chi connectivity index (χ0n) is 29.2. The van der Waals surface area contributed by atoms with Crippen molar-refractivity contribution in [1.82, 2.24) is 30.6 Å². The molecule has 2 aliphatic carbocycles. The average molecular weight is 737 g/mol. The Morgan fingerprint density at radius 3 is 1.28 bits per heavy atom. The first-order valence-electron chi connectivity index (χ1n) is 17.4. The van der Waals surface area contributed by atoms with E-state index in [1.165, 1.54) is 38.5 Å². The van der Waals surface area contributed by atoms with Crippen LogP contribution in [-0.2, 0) is 22.6 Å². The van der Waals surface area contributed by atoms with Gasteiger partial charge in [0, 0.05) is 24.2 Å². The van der Waals surface area contributed by atoms with E-state index in [2.05, 4.69) is 30.6 Å². The Hall–Kier alpha value is -6.26. The summed E-state index contributed by atoms with van der Waals surface area (Å²) in [5.74, 6) is -3.88. The van der Waals surface area contributed by atoms with Gasteiger partial charge in [-0.2, -0.15) is 0 Å². The summed E-state index contributed by atoms with van der Waals surface area (Å²) in [5.41, 5.74) is -1.61. The molecule has 2 heterocycles. The molecule has 8 N–H and O–H groups in total. The zero-order valence-corrected chi connectivity index (χ0v) is 29.2. The van der Waals surface area contributed by atoms with Gasteiger partial charge in [-0.1, -0.05) is 0 Å². The van der Waals surface area contributed by atoms with Gasteiger partial charge in [-0.15, -0.1) is 0 Å². The summed E-state index contributed by atoms with van der Waals surface area (Å²) in [6.07, 6.45) is 4.15. The van der Waals surface area contributed by atoms with Crippen molar-refractivity contribution in [2.75, 3.05) is 27.3 Å². The fraction of sp³-hybridized carbons (Fsp3) is 0.316. The number of aromatic hydroxyl groups is 6. The maximum atomic E-state index is 12.7. The van der Waals surface area contributed by atoms with Gasteiger partial charge in [0.25, 0.3) is 0 Å². The lowest BCUT2D eigenvalue weighted by Crippen LogP contribution is -2.17. The van der Waals surface area contributed by atoms with Crippen molar-refractivity contribution >= 4 is 56.1 Å². The number of fused-ring (bicyclic) bond motifs is 4. The van der Waals surface area contributed by atoms with Gasteiger partial charge in [0.15, 0.2) is 11.5 Å². The van der Waals surface area contributed by atoms with E-state index < -0.39 is 46.1 Å². The van der Waals surface area contributed by atoms with Gasteiger partial charge < -0.3 is 50.7 Å². The van der Waals surface area contributed by atoms with Gasteiger partial charge in [-0.05, 0) is 74.9 Å². The van der Waals surface area contributed by atoms with E-state index in [0.29, 0.717) is 24.9 Å². The molecule has 0 amide bonds. The number of phenols is 6. The smallest absolute Gasteiger partial charge is 0.340 e. The van der Waals surface area contributed by atoms with Crippen LogP contribution in [0.25, 0.3) is 55.3 Å². The van der Waals surface area contributed by atoms with Crippen LogP contribution >= 0.6 is 0 Å². The second-order valence-corrected chi connectivity index (χ2v) is 13.7. The number of carbonyl (C=O) groups excluding carboxylic acids is 2. The van der Waals surface area contributed by atoms with Gasteiger partial charge in [0.2, 0.25) is 0 Å². The van der Waals surface area contributed by atoms with Crippen LogP contribution in [0.15, 0.2) is 24.3 Å².